The molecule has 0 aromatic rings. The van der Waals surface area contributed by atoms with E-state index in [0.29, 0.717) is 6.54 Å². The molecule has 0 aromatic carbocycles. The standard InChI is InChI=1S/C10H23N3O/c1-6-10(5,11)7-12-8(14)13-9(2,3)4/h6-7,11H2,1-5H3,(H2,12,13,14). The normalized spacial score (nSPS) is 15.9. The van der Waals surface area contributed by atoms with Gasteiger partial charge in [-0.05, 0) is 34.1 Å². The summed E-state index contributed by atoms with van der Waals surface area (Å²) in [6.07, 6.45) is 0.836. The first kappa shape index (κ1) is 13.2. The number of nitrogens with one attached hydrogen (secondary N) is 2. The van der Waals surface area contributed by atoms with Crippen LogP contribution in [0.1, 0.15) is 41.0 Å². The van der Waals surface area contributed by atoms with Crippen molar-refractivity contribution in [2.45, 2.75) is 52.1 Å². The Kier molecular flexibility index (Phi) is 4.39. The average Bonchev–Trinajstić information content (AvgIpc) is 1.98. The zero-order valence-electron chi connectivity index (χ0n) is 9.90. The average molecular weight is 201 g/mol. The summed E-state index contributed by atoms with van der Waals surface area (Å²) in [6, 6.07) is -0.164. The fraction of sp³-hybridized carbons (Fsp3) is 0.900. The minimum atomic E-state index is -0.324. The van der Waals surface area contributed by atoms with Crippen LogP contribution in [0, 0.1) is 0 Å². The number of amides is 2. The molecule has 0 aromatic heterocycles. The van der Waals surface area contributed by atoms with Crippen LogP contribution in [0.4, 0.5) is 4.79 Å². The van der Waals surface area contributed by atoms with Gasteiger partial charge in [0.2, 0.25) is 0 Å². The molecule has 4 heteroatoms. The van der Waals surface area contributed by atoms with Crippen molar-refractivity contribution in [2.24, 2.45) is 5.73 Å². The Labute approximate surface area is 86.6 Å². The minimum Gasteiger partial charge on any atom is -0.336 e. The van der Waals surface area contributed by atoms with Crippen LogP contribution in [-0.2, 0) is 0 Å². The topological polar surface area (TPSA) is 67.1 Å². The molecule has 0 saturated heterocycles. The van der Waals surface area contributed by atoms with E-state index in [1.165, 1.54) is 0 Å². The van der Waals surface area contributed by atoms with Gasteiger partial charge in [0, 0.05) is 17.6 Å². The maximum atomic E-state index is 11.3. The third-order valence-electron chi connectivity index (χ3n) is 1.95. The second-order valence-corrected chi connectivity index (χ2v) is 5.07. The molecule has 2 amide bonds. The lowest BCUT2D eigenvalue weighted by Crippen LogP contribution is -2.52. The molecule has 84 valence electrons. The number of carbonyl (C=O) groups excluding carboxylic acids is 1. The highest BCUT2D eigenvalue weighted by atomic mass is 16.2. The van der Waals surface area contributed by atoms with Gasteiger partial charge in [-0.15, -0.1) is 0 Å². The van der Waals surface area contributed by atoms with Crippen molar-refractivity contribution < 1.29 is 4.79 Å². The van der Waals surface area contributed by atoms with Crippen LogP contribution in [-0.4, -0.2) is 23.7 Å². The van der Waals surface area contributed by atoms with Crippen molar-refractivity contribution in [2.75, 3.05) is 6.54 Å². The lowest BCUT2D eigenvalue weighted by molar-refractivity contribution is 0.228. The Balaban J connectivity index is 3.87. The molecule has 0 fully saturated rings. The van der Waals surface area contributed by atoms with Gasteiger partial charge in [0.1, 0.15) is 0 Å². The van der Waals surface area contributed by atoms with E-state index in [1.54, 1.807) is 0 Å². The van der Waals surface area contributed by atoms with E-state index in [9.17, 15) is 4.79 Å². The van der Waals surface area contributed by atoms with Gasteiger partial charge in [-0.3, -0.25) is 0 Å². The van der Waals surface area contributed by atoms with Crippen molar-refractivity contribution >= 4 is 6.03 Å². The summed E-state index contributed by atoms with van der Waals surface area (Å²) < 4.78 is 0. The summed E-state index contributed by atoms with van der Waals surface area (Å²) in [5.41, 5.74) is 5.35. The first-order valence-corrected chi connectivity index (χ1v) is 5.01. The summed E-state index contributed by atoms with van der Waals surface area (Å²) in [7, 11) is 0. The van der Waals surface area contributed by atoms with E-state index in [1.807, 2.05) is 34.6 Å². The maximum absolute atomic E-state index is 11.3. The molecule has 0 heterocycles. The van der Waals surface area contributed by atoms with E-state index in [2.05, 4.69) is 10.6 Å². The molecule has 4 N–H and O–H groups in total. The fourth-order valence-electron chi connectivity index (χ4n) is 0.792. The van der Waals surface area contributed by atoms with E-state index >= 15 is 0 Å². The smallest absolute Gasteiger partial charge is 0.315 e. The third kappa shape index (κ3) is 6.71. The number of rotatable bonds is 3. The molecule has 0 saturated carbocycles. The lowest BCUT2D eigenvalue weighted by atomic mass is 10.0. The summed E-state index contributed by atoms with van der Waals surface area (Å²) in [5.74, 6) is 0. The van der Waals surface area contributed by atoms with Crippen LogP contribution in [0.25, 0.3) is 0 Å². The Hall–Kier alpha value is -0.770. The Morgan fingerprint density at radius 3 is 2.14 bits per heavy atom. The second-order valence-electron chi connectivity index (χ2n) is 5.07. The molecule has 0 aliphatic heterocycles. The number of nitrogens with two attached hydrogens (primary N) is 1. The molecular weight excluding hydrogens is 178 g/mol. The van der Waals surface area contributed by atoms with Crippen LogP contribution < -0.4 is 16.4 Å². The first-order valence-electron chi connectivity index (χ1n) is 5.01. The minimum absolute atomic E-state index is 0.164. The van der Waals surface area contributed by atoms with E-state index in [4.69, 9.17) is 5.73 Å². The monoisotopic (exact) mass is 201 g/mol. The Bertz CT molecular complexity index is 194. The molecule has 0 radical (unpaired) electrons. The largest absolute Gasteiger partial charge is 0.336 e. The molecule has 0 aliphatic rings. The van der Waals surface area contributed by atoms with E-state index in [0.717, 1.165) is 6.42 Å². The highest BCUT2D eigenvalue weighted by molar-refractivity contribution is 5.74. The van der Waals surface area contributed by atoms with Gasteiger partial charge < -0.3 is 16.4 Å². The summed E-state index contributed by atoms with van der Waals surface area (Å²) in [4.78, 5) is 11.3. The van der Waals surface area contributed by atoms with Crippen molar-refractivity contribution in [3.63, 3.8) is 0 Å². The van der Waals surface area contributed by atoms with Crippen molar-refractivity contribution in [3.8, 4) is 0 Å². The van der Waals surface area contributed by atoms with Gasteiger partial charge in [-0.25, -0.2) is 4.79 Å². The highest BCUT2D eigenvalue weighted by Gasteiger charge is 2.18. The first-order chi connectivity index (χ1) is 6.16. The molecule has 0 spiro atoms. The molecule has 0 bridgehead atoms. The van der Waals surface area contributed by atoms with Crippen molar-refractivity contribution in [1.29, 1.82) is 0 Å². The zero-order chi connectivity index (χ0) is 11.4. The van der Waals surface area contributed by atoms with Gasteiger partial charge in [-0.2, -0.15) is 0 Å². The van der Waals surface area contributed by atoms with Crippen LogP contribution >= 0.6 is 0 Å². The number of carbonyl (C=O) groups is 1. The summed E-state index contributed by atoms with van der Waals surface area (Å²) in [6.45, 7) is 10.2. The third-order valence-corrected chi connectivity index (χ3v) is 1.95. The van der Waals surface area contributed by atoms with E-state index < -0.39 is 0 Å². The Morgan fingerprint density at radius 2 is 1.79 bits per heavy atom. The number of urea groups is 1. The molecule has 0 rings (SSSR count). The summed E-state index contributed by atoms with van der Waals surface area (Å²) in [5, 5.41) is 5.57. The van der Waals surface area contributed by atoms with E-state index in [-0.39, 0.29) is 17.1 Å². The lowest BCUT2D eigenvalue weighted by Gasteiger charge is -2.25. The van der Waals surface area contributed by atoms with Gasteiger partial charge in [-0.1, -0.05) is 6.92 Å². The van der Waals surface area contributed by atoms with Gasteiger partial charge in [0.25, 0.3) is 0 Å². The van der Waals surface area contributed by atoms with Gasteiger partial charge in [0.15, 0.2) is 0 Å². The molecule has 1 unspecified atom stereocenters. The van der Waals surface area contributed by atoms with Crippen LogP contribution in [0.15, 0.2) is 0 Å². The van der Waals surface area contributed by atoms with Crippen LogP contribution in [0.2, 0.25) is 0 Å². The van der Waals surface area contributed by atoms with Crippen molar-refractivity contribution in [3.05, 3.63) is 0 Å². The maximum Gasteiger partial charge on any atom is 0.315 e. The molecule has 1 atom stereocenters. The Morgan fingerprint density at radius 1 is 1.29 bits per heavy atom. The van der Waals surface area contributed by atoms with Gasteiger partial charge >= 0.3 is 6.03 Å². The molecular formula is C10H23N3O. The second kappa shape index (κ2) is 4.64. The predicted molar refractivity (Wildman–Crippen MR) is 59.2 cm³/mol. The number of hydrogen-bond acceptors (Lipinski definition) is 2. The van der Waals surface area contributed by atoms with Gasteiger partial charge in [0.05, 0.1) is 0 Å². The van der Waals surface area contributed by atoms with Crippen LogP contribution in [0.3, 0.4) is 0 Å². The summed E-state index contributed by atoms with van der Waals surface area (Å²) >= 11 is 0. The van der Waals surface area contributed by atoms with Crippen molar-refractivity contribution in [1.82, 2.24) is 10.6 Å². The molecule has 4 nitrogen and oxygen atoms in total. The SMILES string of the molecule is CCC(C)(N)CNC(=O)NC(C)(C)C. The quantitative estimate of drug-likeness (QED) is 0.642. The number of hydrogen-bond donors (Lipinski definition) is 3. The highest BCUT2D eigenvalue weighted by Crippen LogP contribution is 2.02. The predicted octanol–water partition coefficient (Wildman–Crippen LogP) is 1.21. The molecule has 0 aliphatic carbocycles. The fourth-order valence-corrected chi connectivity index (χ4v) is 0.792. The van der Waals surface area contributed by atoms with Crippen LogP contribution in [0.5, 0.6) is 0 Å². The molecule has 14 heavy (non-hydrogen) atoms. The zero-order valence-corrected chi connectivity index (χ0v) is 9.90.